The van der Waals surface area contributed by atoms with Crippen LogP contribution in [0.1, 0.15) is 5.56 Å². The summed E-state index contributed by atoms with van der Waals surface area (Å²) in [5.74, 6) is -1.17. The Hall–Kier alpha value is -3.54. The van der Waals surface area contributed by atoms with Crippen molar-refractivity contribution in [2.75, 3.05) is 24.9 Å². The van der Waals surface area contributed by atoms with Crippen LogP contribution in [0.15, 0.2) is 61.1 Å². The second-order valence-corrected chi connectivity index (χ2v) is 10.5. The van der Waals surface area contributed by atoms with Crippen molar-refractivity contribution in [1.82, 2.24) is 18.8 Å². The van der Waals surface area contributed by atoms with Gasteiger partial charge in [-0.3, -0.25) is 4.79 Å². The van der Waals surface area contributed by atoms with E-state index in [2.05, 4.69) is 9.97 Å². The standard InChI is InChI=1S/C23H22ClFN6O3S/c1-29(2)35(33,34)31(13-22(26)32)23-10-18(19(24)11-27-23)16-6-7-20-21(9-16)30(14-28-20)12-15-4-3-5-17(25)8-15/h3-11,14H,12-13H2,1-2H3,(H2,26,32). The van der Waals surface area contributed by atoms with Gasteiger partial charge in [-0.05, 0) is 41.5 Å². The molecular formula is C23H22ClFN6O3S. The van der Waals surface area contributed by atoms with Gasteiger partial charge in [0.25, 0.3) is 0 Å². The molecule has 0 radical (unpaired) electrons. The molecule has 1 amide bonds. The predicted octanol–water partition coefficient (Wildman–Crippen LogP) is 3.04. The second-order valence-electron chi connectivity index (χ2n) is 7.99. The maximum Gasteiger partial charge on any atom is 0.305 e. The summed E-state index contributed by atoms with van der Waals surface area (Å²) in [5.41, 5.74) is 8.74. The molecule has 0 saturated heterocycles. The Labute approximate surface area is 206 Å². The summed E-state index contributed by atoms with van der Waals surface area (Å²) in [7, 11) is -1.37. The number of rotatable bonds is 8. The molecule has 0 aliphatic rings. The van der Waals surface area contributed by atoms with E-state index in [1.165, 1.54) is 38.5 Å². The molecule has 0 bridgehead atoms. The smallest absolute Gasteiger partial charge is 0.305 e. The Morgan fingerprint density at radius 3 is 2.60 bits per heavy atom. The molecule has 0 atom stereocenters. The first-order chi connectivity index (χ1) is 16.6. The van der Waals surface area contributed by atoms with Crippen LogP contribution in [0.5, 0.6) is 0 Å². The van der Waals surface area contributed by atoms with Crippen molar-refractivity contribution in [1.29, 1.82) is 0 Å². The molecule has 2 N–H and O–H groups in total. The summed E-state index contributed by atoms with van der Waals surface area (Å²) < 4.78 is 42.9. The zero-order valence-corrected chi connectivity index (χ0v) is 20.5. The number of nitrogens with zero attached hydrogens (tertiary/aromatic N) is 5. The first kappa shape index (κ1) is 24.6. The number of hydrogen-bond acceptors (Lipinski definition) is 5. The highest BCUT2D eigenvalue weighted by Crippen LogP contribution is 2.33. The zero-order chi connectivity index (χ0) is 25.3. The Balaban J connectivity index is 1.78. The zero-order valence-electron chi connectivity index (χ0n) is 18.9. The Bertz CT molecular complexity index is 1520. The summed E-state index contributed by atoms with van der Waals surface area (Å²) in [5, 5.41) is 0.283. The number of carbonyl (C=O) groups excluding carboxylic acids is 1. The number of halogens is 2. The van der Waals surface area contributed by atoms with Gasteiger partial charge in [0.15, 0.2) is 0 Å². The molecule has 0 fully saturated rings. The van der Waals surface area contributed by atoms with Crippen LogP contribution < -0.4 is 10.0 Å². The van der Waals surface area contributed by atoms with E-state index < -0.39 is 22.7 Å². The molecule has 2 aromatic heterocycles. The van der Waals surface area contributed by atoms with Gasteiger partial charge in [-0.1, -0.05) is 29.8 Å². The summed E-state index contributed by atoms with van der Waals surface area (Å²) >= 11 is 6.43. The van der Waals surface area contributed by atoms with E-state index in [-0.39, 0.29) is 16.7 Å². The Morgan fingerprint density at radius 1 is 1.14 bits per heavy atom. The van der Waals surface area contributed by atoms with Crippen molar-refractivity contribution in [2.24, 2.45) is 5.73 Å². The number of amides is 1. The van der Waals surface area contributed by atoms with Crippen LogP contribution >= 0.6 is 11.6 Å². The summed E-state index contributed by atoms with van der Waals surface area (Å²) in [4.78, 5) is 20.1. The Morgan fingerprint density at radius 2 is 1.91 bits per heavy atom. The highest BCUT2D eigenvalue weighted by Gasteiger charge is 2.28. The first-order valence-corrected chi connectivity index (χ1v) is 12.2. The number of fused-ring (bicyclic) bond motifs is 1. The van der Waals surface area contributed by atoms with Crippen molar-refractivity contribution in [3.05, 3.63) is 77.5 Å². The van der Waals surface area contributed by atoms with Crippen LogP contribution in [-0.4, -0.2) is 53.8 Å². The minimum atomic E-state index is -4.05. The molecule has 2 aromatic carbocycles. The van der Waals surface area contributed by atoms with Gasteiger partial charge in [-0.2, -0.15) is 12.7 Å². The van der Waals surface area contributed by atoms with E-state index in [1.807, 2.05) is 16.7 Å². The van der Waals surface area contributed by atoms with Crippen LogP contribution in [0.2, 0.25) is 5.02 Å². The third-order valence-corrected chi connectivity index (χ3v) is 7.41. The molecule has 9 nitrogen and oxygen atoms in total. The molecule has 0 aliphatic carbocycles. The molecule has 4 aromatic rings. The number of anilines is 1. The van der Waals surface area contributed by atoms with E-state index in [4.69, 9.17) is 17.3 Å². The van der Waals surface area contributed by atoms with Gasteiger partial charge >= 0.3 is 10.2 Å². The highest BCUT2D eigenvalue weighted by molar-refractivity contribution is 7.90. The molecule has 12 heteroatoms. The maximum atomic E-state index is 13.6. The fraction of sp³-hybridized carbons (Fsp3) is 0.174. The van der Waals surface area contributed by atoms with Crippen LogP contribution in [0.25, 0.3) is 22.2 Å². The fourth-order valence-corrected chi connectivity index (χ4v) is 4.82. The fourth-order valence-electron chi connectivity index (χ4n) is 3.59. The molecular weight excluding hydrogens is 495 g/mol. The van der Waals surface area contributed by atoms with Gasteiger partial charge < -0.3 is 10.3 Å². The van der Waals surface area contributed by atoms with Gasteiger partial charge in [0.2, 0.25) is 5.91 Å². The molecule has 0 aliphatic heterocycles. The maximum absolute atomic E-state index is 13.6. The third-order valence-electron chi connectivity index (χ3n) is 5.31. The van der Waals surface area contributed by atoms with Gasteiger partial charge in [0.1, 0.15) is 18.2 Å². The number of imidazole rings is 1. The van der Waals surface area contributed by atoms with Crippen LogP contribution in [0, 0.1) is 5.82 Å². The SMILES string of the molecule is CN(C)S(=O)(=O)N(CC(N)=O)c1cc(-c2ccc3ncn(Cc4cccc(F)c4)c3c2)c(Cl)cn1. The van der Waals surface area contributed by atoms with Crippen LogP contribution in [0.3, 0.4) is 0 Å². The Kier molecular flexibility index (Phi) is 6.75. The van der Waals surface area contributed by atoms with E-state index >= 15 is 0 Å². The van der Waals surface area contributed by atoms with Crippen LogP contribution in [0.4, 0.5) is 10.2 Å². The summed E-state index contributed by atoms with van der Waals surface area (Å²) in [6.07, 6.45) is 2.98. The van der Waals surface area contributed by atoms with Crippen LogP contribution in [-0.2, 0) is 21.5 Å². The average molecular weight is 517 g/mol. The monoisotopic (exact) mass is 516 g/mol. The van der Waals surface area contributed by atoms with Crippen molar-refractivity contribution >= 4 is 44.6 Å². The number of aromatic nitrogens is 3. The molecule has 35 heavy (non-hydrogen) atoms. The van der Waals surface area contributed by atoms with E-state index in [9.17, 15) is 17.6 Å². The lowest BCUT2D eigenvalue weighted by Crippen LogP contribution is -2.45. The third kappa shape index (κ3) is 5.11. The minimum Gasteiger partial charge on any atom is -0.368 e. The topological polar surface area (TPSA) is 114 Å². The van der Waals surface area contributed by atoms with E-state index in [0.717, 1.165) is 25.2 Å². The number of benzene rings is 2. The number of primary amides is 1. The lowest BCUT2D eigenvalue weighted by atomic mass is 10.1. The predicted molar refractivity (Wildman–Crippen MR) is 133 cm³/mol. The van der Waals surface area contributed by atoms with Crippen molar-refractivity contribution in [3.63, 3.8) is 0 Å². The van der Waals surface area contributed by atoms with Crippen molar-refractivity contribution in [3.8, 4) is 11.1 Å². The largest absolute Gasteiger partial charge is 0.368 e. The second kappa shape index (κ2) is 9.61. The molecule has 2 heterocycles. The lowest BCUT2D eigenvalue weighted by molar-refractivity contribution is -0.116. The molecule has 0 saturated carbocycles. The van der Waals surface area contributed by atoms with Gasteiger partial charge in [0.05, 0.1) is 22.4 Å². The van der Waals surface area contributed by atoms with Gasteiger partial charge in [0, 0.05) is 32.4 Å². The molecule has 182 valence electrons. The molecule has 0 spiro atoms. The normalized spacial score (nSPS) is 11.8. The van der Waals surface area contributed by atoms with Crippen molar-refractivity contribution < 1.29 is 17.6 Å². The lowest BCUT2D eigenvalue weighted by Gasteiger charge is -2.25. The number of nitrogens with two attached hydrogens (primary N) is 1. The van der Waals surface area contributed by atoms with Gasteiger partial charge in [-0.15, -0.1) is 0 Å². The summed E-state index contributed by atoms with van der Waals surface area (Å²) in [6, 6.07) is 13.3. The quantitative estimate of drug-likeness (QED) is 0.386. The molecule has 4 rings (SSSR count). The number of hydrogen-bond donors (Lipinski definition) is 1. The average Bonchev–Trinajstić information content (AvgIpc) is 3.19. The number of pyridine rings is 1. The highest BCUT2D eigenvalue weighted by atomic mass is 35.5. The molecule has 0 unspecified atom stereocenters. The minimum absolute atomic E-state index is 0.00901. The summed E-state index contributed by atoms with van der Waals surface area (Å²) in [6.45, 7) is -0.186. The van der Waals surface area contributed by atoms with E-state index in [1.54, 1.807) is 24.5 Å². The first-order valence-electron chi connectivity index (χ1n) is 10.4. The van der Waals surface area contributed by atoms with Gasteiger partial charge in [-0.25, -0.2) is 18.7 Å². The van der Waals surface area contributed by atoms with Crippen molar-refractivity contribution in [2.45, 2.75) is 6.54 Å². The van der Waals surface area contributed by atoms with E-state index in [0.29, 0.717) is 17.7 Å². The number of carbonyl (C=O) groups is 1.